The molecule has 5 heteroatoms. The van der Waals surface area contributed by atoms with Gasteiger partial charge in [-0.1, -0.05) is 20.8 Å². The lowest BCUT2D eigenvalue weighted by molar-refractivity contribution is -0.201. The predicted octanol–water partition coefficient (Wildman–Crippen LogP) is 4.14. The van der Waals surface area contributed by atoms with Crippen LogP contribution in [0.2, 0.25) is 0 Å². The number of aliphatic hydroxyl groups excluding tert-OH is 1. The molecular formula is C24H32O5. The van der Waals surface area contributed by atoms with E-state index >= 15 is 0 Å². The van der Waals surface area contributed by atoms with Crippen LogP contribution in [0.5, 0.6) is 5.75 Å². The van der Waals surface area contributed by atoms with Gasteiger partial charge < -0.3 is 19.4 Å². The fraction of sp³-hybridized carbons (Fsp3) is 0.625. The number of hydrogen-bond acceptors (Lipinski definition) is 5. The highest BCUT2D eigenvalue weighted by Gasteiger charge is 2.60. The molecule has 0 radical (unpaired) electrons. The van der Waals surface area contributed by atoms with Gasteiger partial charge in [0.25, 0.3) is 0 Å². The molecule has 2 N–H and O–H groups in total. The van der Waals surface area contributed by atoms with Gasteiger partial charge in [-0.15, -0.1) is 0 Å². The summed E-state index contributed by atoms with van der Waals surface area (Å²) in [7, 11) is 0. The number of ether oxygens (including phenoxy) is 1. The fourth-order valence-electron chi connectivity index (χ4n) is 6.20. The van der Waals surface area contributed by atoms with E-state index in [-0.39, 0.29) is 28.5 Å². The monoisotopic (exact) mass is 400 g/mol. The zero-order valence-electron chi connectivity index (χ0n) is 17.8. The van der Waals surface area contributed by atoms with Crippen LogP contribution in [0.15, 0.2) is 39.5 Å². The number of aliphatic hydroxyl groups is 2. The Morgan fingerprint density at radius 2 is 1.83 bits per heavy atom. The molecular weight excluding hydrogens is 368 g/mol. The molecule has 2 aromatic rings. The minimum absolute atomic E-state index is 0.0565. The van der Waals surface area contributed by atoms with Gasteiger partial charge in [0, 0.05) is 23.4 Å². The summed E-state index contributed by atoms with van der Waals surface area (Å²) in [5.41, 5.74) is -1.02. The van der Waals surface area contributed by atoms with E-state index in [1.54, 1.807) is 12.1 Å². The molecule has 0 aliphatic heterocycles. The molecule has 0 unspecified atom stereocenters. The zero-order valence-corrected chi connectivity index (χ0v) is 17.8. The van der Waals surface area contributed by atoms with Crippen LogP contribution in [0, 0.1) is 22.7 Å². The van der Waals surface area contributed by atoms with Gasteiger partial charge in [0.2, 0.25) is 0 Å². The Bertz CT molecular complexity index is 959. The van der Waals surface area contributed by atoms with Gasteiger partial charge in [-0.3, -0.25) is 0 Å². The van der Waals surface area contributed by atoms with Crippen molar-refractivity contribution in [1.82, 2.24) is 0 Å². The molecule has 0 spiro atoms. The maximum atomic E-state index is 11.5. The van der Waals surface area contributed by atoms with Crippen LogP contribution in [0.3, 0.4) is 0 Å². The molecule has 4 rings (SSSR count). The number of benzene rings is 1. The Morgan fingerprint density at radius 1 is 1.10 bits per heavy atom. The Kier molecular flexibility index (Phi) is 4.82. The first kappa shape index (κ1) is 20.4. The lowest BCUT2D eigenvalue weighted by Gasteiger charge is -2.62. The topological polar surface area (TPSA) is 79.9 Å². The largest absolute Gasteiger partial charge is 0.493 e. The van der Waals surface area contributed by atoms with Crippen LogP contribution < -0.4 is 10.4 Å². The molecule has 5 nitrogen and oxygen atoms in total. The summed E-state index contributed by atoms with van der Waals surface area (Å²) in [6.07, 6.45) is 2.91. The molecule has 0 amide bonds. The Labute approximate surface area is 171 Å². The summed E-state index contributed by atoms with van der Waals surface area (Å²) >= 11 is 0. The third-order valence-electron chi connectivity index (χ3n) is 8.01. The molecule has 2 fully saturated rings. The third-order valence-corrected chi connectivity index (χ3v) is 8.01. The molecule has 1 aromatic heterocycles. The average molecular weight is 401 g/mol. The molecule has 1 aromatic carbocycles. The average Bonchev–Trinajstić information content (AvgIpc) is 2.64. The first-order valence-corrected chi connectivity index (χ1v) is 10.6. The molecule has 29 heavy (non-hydrogen) atoms. The van der Waals surface area contributed by atoms with Crippen molar-refractivity contribution in [3.8, 4) is 5.75 Å². The highest BCUT2D eigenvalue weighted by atomic mass is 16.5. The fourth-order valence-corrected chi connectivity index (χ4v) is 6.20. The SMILES string of the molecule is CC1(C)[C@@H](O)CC[C@]2(C)[C@@H](COc3ccc4ccc(=O)oc4c3)[C@@](C)(O)CC[C@@H]12. The maximum absolute atomic E-state index is 11.5. The van der Waals surface area contributed by atoms with Crippen LogP contribution in [0.4, 0.5) is 0 Å². The van der Waals surface area contributed by atoms with Crippen molar-refractivity contribution >= 4 is 11.0 Å². The van der Waals surface area contributed by atoms with Gasteiger partial charge >= 0.3 is 5.63 Å². The van der Waals surface area contributed by atoms with Crippen molar-refractivity contribution in [1.29, 1.82) is 0 Å². The van der Waals surface area contributed by atoms with E-state index in [2.05, 4.69) is 20.8 Å². The van der Waals surface area contributed by atoms with Crippen molar-refractivity contribution in [3.05, 3.63) is 40.8 Å². The summed E-state index contributed by atoms with van der Waals surface area (Å²) < 4.78 is 11.4. The van der Waals surface area contributed by atoms with E-state index in [1.807, 2.05) is 19.1 Å². The molecule has 0 bridgehead atoms. The minimum Gasteiger partial charge on any atom is -0.493 e. The van der Waals surface area contributed by atoms with Crippen molar-refractivity contribution in [2.75, 3.05) is 6.61 Å². The van der Waals surface area contributed by atoms with E-state index in [0.29, 0.717) is 30.3 Å². The zero-order chi connectivity index (χ0) is 21.0. The first-order chi connectivity index (χ1) is 13.5. The molecule has 0 saturated heterocycles. The molecule has 5 atom stereocenters. The van der Waals surface area contributed by atoms with Gasteiger partial charge in [-0.25, -0.2) is 4.79 Å². The van der Waals surface area contributed by atoms with Gasteiger partial charge in [0.05, 0.1) is 18.3 Å². The third kappa shape index (κ3) is 3.38. The Balaban J connectivity index is 1.61. The van der Waals surface area contributed by atoms with Crippen LogP contribution in [0.25, 0.3) is 11.0 Å². The molecule has 2 aliphatic carbocycles. The Hall–Kier alpha value is -1.85. The second-order valence-corrected chi connectivity index (χ2v) is 10.1. The van der Waals surface area contributed by atoms with E-state index in [4.69, 9.17) is 9.15 Å². The van der Waals surface area contributed by atoms with Gasteiger partial charge in [0.15, 0.2) is 0 Å². The molecule has 1 heterocycles. The smallest absolute Gasteiger partial charge is 0.336 e. The number of hydrogen-bond donors (Lipinski definition) is 2. The van der Waals surface area contributed by atoms with Crippen molar-refractivity contribution in [2.24, 2.45) is 22.7 Å². The maximum Gasteiger partial charge on any atom is 0.336 e. The van der Waals surface area contributed by atoms with E-state index in [0.717, 1.165) is 24.6 Å². The lowest BCUT2D eigenvalue weighted by atomic mass is 9.45. The van der Waals surface area contributed by atoms with Gasteiger partial charge in [-0.05, 0) is 67.6 Å². The Morgan fingerprint density at radius 3 is 2.59 bits per heavy atom. The lowest BCUT2D eigenvalue weighted by Crippen LogP contribution is -2.61. The second kappa shape index (κ2) is 6.85. The molecule has 158 valence electrons. The summed E-state index contributed by atoms with van der Waals surface area (Å²) in [5, 5.41) is 22.7. The summed E-state index contributed by atoms with van der Waals surface area (Å²) in [4.78, 5) is 11.5. The first-order valence-electron chi connectivity index (χ1n) is 10.6. The van der Waals surface area contributed by atoms with Crippen molar-refractivity contribution in [3.63, 3.8) is 0 Å². The van der Waals surface area contributed by atoms with Crippen molar-refractivity contribution < 1.29 is 19.4 Å². The molecule has 2 saturated carbocycles. The highest BCUT2D eigenvalue weighted by molar-refractivity contribution is 5.77. The number of rotatable bonds is 3. The summed E-state index contributed by atoms with van der Waals surface area (Å²) in [6.45, 7) is 8.87. The normalized spacial score (nSPS) is 36.6. The van der Waals surface area contributed by atoms with Crippen LogP contribution >= 0.6 is 0 Å². The second-order valence-electron chi connectivity index (χ2n) is 10.1. The van der Waals surface area contributed by atoms with E-state index in [9.17, 15) is 15.0 Å². The van der Waals surface area contributed by atoms with Gasteiger partial charge in [-0.2, -0.15) is 0 Å². The van der Waals surface area contributed by atoms with E-state index in [1.165, 1.54) is 6.07 Å². The number of fused-ring (bicyclic) bond motifs is 2. The van der Waals surface area contributed by atoms with Gasteiger partial charge in [0.1, 0.15) is 11.3 Å². The standard InChI is InChI=1S/C24H32O5/c1-22(2)18-9-12-24(4,27)19(23(18,3)11-10-20(22)25)14-28-16-7-5-15-6-8-21(26)29-17(15)13-16/h5-8,13,18-20,25,27H,9-12,14H2,1-4H3/t18-,19+,20-,23-,24-/m0/s1. The highest BCUT2D eigenvalue weighted by Crippen LogP contribution is 2.61. The summed E-state index contributed by atoms with van der Waals surface area (Å²) in [6, 6.07) is 8.62. The van der Waals surface area contributed by atoms with Crippen LogP contribution in [-0.2, 0) is 0 Å². The van der Waals surface area contributed by atoms with Crippen LogP contribution in [-0.4, -0.2) is 28.5 Å². The quantitative estimate of drug-likeness (QED) is 0.757. The predicted molar refractivity (Wildman–Crippen MR) is 112 cm³/mol. The van der Waals surface area contributed by atoms with Crippen LogP contribution in [0.1, 0.15) is 53.4 Å². The minimum atomic E-state index is -0.826. The molecule has 2 aliphatic rings. The van der Waals surface area contributed by atoms with E-state index < -0.39 is 5.60 Å². The van der Waals surface area contributed by atoms with Crippen molar-refractivity contribution in [2.45, 2.75) is 65.1 Å². The summed E-state index contributed by atoms with van der Waals surface area (Å²) in [5.74, 6) is 0.893.